The maximum Gasteiger partial charge on any atom is 0.253 e. The number of amides is 1. The molecule has 1 amide bonds. The second-order valence-corrected chi connectivity index (χ2v) is 7.45. The molecule has 0 aliphatic carbocycles. The highest BCUT2D eigenvalue weighted by atomic mass is 16.5. The van der Waals surface area contributed by atoms with Gasteiger partial charge in [0.05, 0.1) is 5.56 Å². The number of carbonyl (C=O) groups excluding carboxylic acids is 1. The molecule has 0 bridgehead atoms. The zero-order valence-corrected chi connectivity index (χ0v) is 17.1. The summed E-state index contributed by atoms with van der Waals surface area (Å²) in [5, 5.41) is 2.95. The van der Waals surface area contributed by atoms with Crippen LogP contribution >= 0.6 is 0 Å². The van der Waals surface area contributed by atoms with Gasteiger partial charge < -0.3 is 15.0 Å². The molecule has 0 saturated carbocycles. The Labute approximate surface area is 176 Å². The zero-order chi connectivity index (χ0) is 20.8. The van der Waals surface area contributed by atoms with E-state index in [4.69, 9.17) is 4.74 Å². The molecule has 2 aromatic heterocycles. The van der Waals surface area contributed by atoms with E-state index in [9.17, 15) is 4.79 Å². The van der Waals surface area contributed by atoms with Crippen LogP contribution in [0, 0.1) is 0 Å². The highest BCUT2D eigenvalue weighted by Gasteiger charge is 2.14. The molecule has 1 N–H and O–H groups in total. The van der Waals surface area contributed by atoms with Gasteiger partial charge in [0, 0.05) is 38.1 Å². The Morgan fingerprint density at radius 3 is 2.63 bits per heavy atom. The van der Waals surface area contributed by atoms with E-state index in [2.05, 4.69) is 20.2 Å². The van der Waals surface area contributed by atoms with E-state index in [0.717, 1.165) is 30.0 Å². The van der Waals surface area contributed by atoms with Crippen LogP contribution in [-0.4, -0.2) is 29.0 Å². The molecule has 154 valence electrons. The van der Waals surface area contributed by atoms with E-state index < -0.39 is 0 Å². The van der Waals surface area contributed by atoms with Crippen LogP contribution < -0.4 is 15.0 Å². The maximum absolute atomic E-state index is 12.5. The van der Waals surface area contributed by atoms with Crippen LogP contribution in [-0.2, 0) is 6.54 Å². The number of rotatable bonds is 7. The van der Waals surface area contributed by atoms with Gasteiger partial charge in [0.1, 0.15) is 11.9 Å². The van der Waals surface area contributed by atoms with Gasteiger partial charge in [-0.15, -0.1) is 0 Å². The standard InChI is InChI=1S/C24H26N4O2/c1-18(20-7-3-2-4-8-20)30-23-10-9-21(17-26-23)24(29)27-16-19-11-12-25-22(15-19)28-13-5-6-14-28/h2-4,7-12,15,17-18H,5-6,13-14,16H2,1H3,(H,27,29). The van der Waals surface area contributed by atoms with E-state index in [-0.39, 0.29) is 12.0 Å². The second-order valence-electron chi connectivity index (χ2n) is 7.45. The third kappa shape index (κ3) is 4.95. The fourth-order valence-corrected chi connectivity index (χ4v) is 3.53. The molecule has 3 aromatic rings. The first-order valence-corrected chi connectivity index (χ1v) is 10.3. The summed E-state index contributed by atoms with van der Waals surface area (Å²) >= 11 is 0. The number of hydrogen-bond donors (Lipinski definition) is 1. The number of aromatic nitrogens is 2. The predicted molar refractivity (Wildman–Crippen MR) is 117 cm³/mol. The van der Waals surface area contributed by atoms with Gasteiger partial charge in [-0.1, -0.05) is 30.3 Å². The number of hydrogen-bond acceptors (Lipinski definition) is 5. The molecular formula is C24H26N4O2. The van der Waals surface area contributed by atoms with Crippen molar-refractivity contribution in [2.24, 2.45) is 0 Å². The Kier molecular flexibility index (Phi) is 6.23. The average molecular weight is 402 g/mol. The van der Waals surface area contributed by atoms with Crippen molar-refractivity contribution in [1.82, 2.24) is 15.3 Å². The number of pyridine rings is 2. The number of ether oxygens (including phenoxy) is 1. The van der Waals surface area contributed by atoms with Crippen LogP contribution in [0.1, 0.15) is 47.4 Å². The smallest absolute Gasteiger partial charge is 0.253 e. The second kappa shape index (κ2) is 9.39. The molecule has 30 heavy (non-hydrogen) atoms. The lowest BCUT2D eigenvalue weighted by molar-refractivity contribution is 0.0950. The number of nitrogens with zero attached hydrogens (tertiary/aromatic N) is 3. The Hall–Kier alpha value is -3.41. The molecule has 6 nitrogen and oxygen atoms in total. The lowest BCUT2D eigenvalue weighted by atomic mass is 10.1. The van der Waals surface area contributed by atoms with Crippen molar-refractivity contribution >= 4 is 11.7 Å². The SMILES string of the molecule is CC(Oc1ccc(C(=O)NCc2ccnc(N3CCCC3)c2)cn1)c1ccccc1. The van der Waals surface area contributed by atoms with Crippen molar-refractivity contribution in [2.75, 3.05) is 18.0 Å². The van der Waals surface area contributed by atoms with E-state index in [1.165, 1.54) is 12.8 Å². The van der Waals surface area contributed by atoms with Crippen molar-refractivity contribution in [1.29, 1.82) is 0 Å². The molecule has 6 heteroatoms. The lowest BCUT2D eigenvalue weighted by Gasteiger charge is -2.17. The Balaban J connectivity index is 1.32. The summed E-state index contributed by atoms with van der Waals surface area (Å²) in [6.07, 6.45) is 5.65. The van der Waals surface area contributed by atoms with E-state index >= 15 is 0 Å². The summed E-state index contributed by atoms with van der Waals surface area (Å²) in [5.74, 6) is 1.31. The fourth-order valence-electron chi connectivity index (χ4n) is 3.53. The molecule has 1 unspecified atom stereocenters. The summed E-state index contributed by atoms with van der Waals surface area (Å²) in [5.41, 5.74) is 2.61. The topological polar surface area (TPSA) is 67.3 Å². The number of anilines is 1. The van der Waals surface area contributed by atoms with Crippen molar-refractivity contribution in [3.63, 3.8) is 0 Å². The third-order valence-electron chi connectivity index (χ3n) is 5.26. The van der Waals surface area contributed by atoms with Crippen molar-refractivity contribution in [3.05, 3.63) is 83.7 Å². The summed E-state index contributed by atoms with van der Waals surface area (Å²) in [4.78, 5) is 23.5. The predicted octanol–water partition coefficient (Wildman–Crippen LogP) is 4.15. The largest absolute Gasteiger partial charge is 0.470 e. The monoisotopic (exact) mass is 402 g/mol. The molecule has 4 rings (SSSR count). The molecule has 0 spiro atoms. The summed E-state index contributed by atoms with van der Waals surface area (Å²) in [6.45, 7) is 4.52. The van der Waals surface area contributed by atoms with E-state index in [1.54, 1.807) is 24.5 Å². The Morgan fingerprint density at radius 2 is 1.90 bits per heavy atom. The van der Waals surface area contributed by atoms with E-state index in [0.29, 0.717) is 18.0 Å². The van der Waals surface area contributed by atoms with Gasteiger partial charge in [-0.2, -0.15) is 0 Å². The summed E-state index contributed by atoms with van der Waals surface area (Å²) in [6, 6.07) is 17.4. The average Bonchev–Trinajstić information content (AvgIpc) is 3.34. The van der Waals surface area contributed by atoms with Gasteiger partial charge in [-0.05, 0) is 49.1 Å². The van der Waals surface area contributed by atoms with Crippen LogP contribution in [0.15, 0.2) is 67.0 Å². The molecule has 1 aliphatic heterocycles. The first-order chi connectivity index (χ1) is 14.7. The van der Waals surface area contributed by atoms with Crippen LogP contribution in [0.2, 0.25) is 0 Å². The van der Waals surface area contributed by atoms with Gasteiger partial charge >= 0.3 is 0 Å². The molecule has 0 radical (unpaired) electrons. The van der Waals surface area contributed by atoms with Crippen molar-refractivity contribution in [2.45, 2.75) is 32.4 Å². The first kappa shape index (κ1) is 19.9. The van der Waals surface area contributed by atoms with Crippen molar-refractivity contribution < 1.29 is 9.53 Å². The van der Waals surface area contributed by atoms with E-state index in [1.807, 2.05) is 49.4 Å². The minimum absolute atomic E-state index is 0.116. The highest BCUT2D eigenvalue weighted by molar-refractivity contribution is 5.93. The molecule has 1 fully saturated rings. The van der Waals surface area contributed by atoms with Gasteiger partial charge in [0.2, 0.25) is 5.88 Å². The molecule has 1 atom stereocenters. The van der Waals surface area contributed by atoms with Crippen LogP contribution in [0.4, 0.5) is 5.82 Å². The highest BCUT2D eigenvalue weighted by Crippen LogP contribution is 2.20. The molecule has 1 aliphatic rings. The maximum atomic E-state index is 12.5. The van der Waals surface area contributed by atoms with Gasteiger partial charge in [-0.3, -0.25) is 4.79 Å². The number of nitrogens with one attached hydrogen (secondary N) is 1. The molecule has 3 heterocycles. The third-order valence-corrected chi connectivity index (χ3v) is 5.26. The molecular weight excluding hydrogens is 376 g/mol. The summed E-state index contributed by atoms with van der Waals surface area (Å²) < 4.78 is 5.87. The number of carbonyl (C=O) groups is 1. The van der Waals surface area contributed by atoms with Gasteiger partial charge in [-0.25, -0.2) is 9.97 Å². The van der Waals surface area contributed by atoms with Gasteiger partial charge in [0.25, 0.3) is 5.91 Å². The molecule has 1 saturated heterocycles. The van der Waals surface area contributed by atoms with Crippen LogP contribution in [0.3, 0.4) is 0 Å². The minimum atomic E-state index is -0.162. The molecule has 1 aromatic carbocycles. The quantitative estimate of drug-likeness (QED) is 0.643. The first-order valence-electron chi connectivity index (χ1n) is 10.3. The van der Waals surface area contributed by atoms with Gasteiger partial charge in [0.15, 0.2) is 0 Å². The summed E-state index contributed by atoms with van der Waals surface area (Å²) in [7, 11) is 0. The fraction of sp³-hybridized carbons (Fsp3) is 0.292. The van der Waals surface area contributed by atoms with Crippen LogP contribution in [0.25, 0.3) is 0 Å². The Morgan fingerprint density at radius 1 is 1.10 bits per heavy atom. The normalized spacial score (nSPS) is 14.4. The minimum Gasteiger partial charge on any atom is -0.470 e. The van der Waals surface area contributed by atoms with Crippen LogP contribution in [0.5, 0.6) is 5.88 Å². The Bertz CT molecular complexity index is 970. The number of benzene rings is 1. The zero-order valence-electron chi connectivity index (χ0n) is 17.1. The lowest BCUT2D eigenvalue weighted by Crippen LogP contribution is -2.23. The van der Waals surface area contributed by atoms with Crippen molar-refractivity contribution in [3.8, 4) is 5.88 Å².